The molecule has 270 valence electrons. The summed E-state index contributed by atoms with van der Waals surface area (Å²) in [5.41, 5.74) is 1.39. The highest BCUT2D eigenvalue weighted by Gasteiger charge is 2.39. The molecule has 16 heteroatoms. The second-order valence-corrected chi connectivity index (χ2v) is 14.6. The second kappa shape index (κ2) is 14.8. The summed E-state index contributed by atoms with van der Waals surface area (Å²) in [4.78, 5) is 31.8. The molecule has 0 bridgehead atoms. The maximum atomic E-state index is 14.1. The lowest BCUT2D eigenvalue weighted by Gasteiger charge is -2.37. The third-order valence-electron chi connectivity index (χ3n) is 10.1. The molecule has 4 aliphatic rings. The van der Waals surface area contributed by atoms with Crippen LogP contribution in [-0.4, -0.2) is 134 Å². The Hall–Kier alpha value is -2.79. The number of aliphatic hydroxyl groups is 2. The number of aliphatic hydroxyl groups excluding tert-OH is 2. The molecule has 49 heavy (non-hydrogen) atoms. The van der Waals surface area contributed by atoms with Crippen LogP contribution in [0.5, 0.6) is 0 Å². The number of aromatic nitrogens is 2. The predicted octanol–water partition coefficient (Wildman–Crippen LogP) is 3.33. The summed E-state index contributed by atoms with van der Waals surface area (Å²) in [6, 6.07) is 3.99. The molecule has 1 aromatic carbocycles. The van der Waals surface area contributed by atoms with Crippen molar-refractivity contribution in [2.75, 3.05) is 64.7 Å². The normalized spacial score (nSPS) is 21.5. The van der Waals surface area contributed by atoms with Crippen LogP contribution >= 0.6 is 11.8 Å². The maximum Gasteiger partial charge on any atom is 0.417 e. The second-order valence-electron chi connectivity index (χ2n) is 13.5. The van der Waals surface area contributed by atoms with Crippen molar-refractivity contribution >= 4 is 23.6 Å². The van der Waals surface area contributed by atoms with Crippen molar-refractivity contribution in [1.82, 2.24) is 29.4 Å². The fraction of sp³-hybridized carbons (Fsp3) is 0.667. The van der Waals surface area contributed by atoms with Gasteiger partial charge in [0.1, 0.15) is 6.61 Å². The number of benzene rings is 1. The summed E-state index contributed by atoms with van der Waals surface area (Å²) >= 11 is 0.955. The first-order valence-corrected chi connectivity index (χ1v) is 17.9. The molecule has 2 aromatic rings. The van der Waals surface area contributed by atoms with E-state index in [1.54, 1.807) is 9.58 Å². The highest BCUT2D eigenvalue weighted by molar-refractivity contribution is 7.99. The average Bonchev–Trinajstić information content (AvgIpc) is 3.76. The van der Waals surface area contributed by atoms with Crippen LogP contribution < -0.4 is 0 Å². The lowest BCUT2D eigenvalue weighted by atomic mass is 9.99. The molecule has 0 saturated carbocycles. The van der Waals surface area contributed by atoms with Crippen LogP contribution in [0.1, 0.15) is 48.9 Å². The topological polar surface area (TPSA) is 105 Å². The number of amides is 2. The number of halogens is 5. The van der Waals surface area contributed by atoms with E-state index in [0.29, 0.717) is 42.8 Å². The summed E-state index contributed by atoms with van der Waals surface area (Å²) in [5.74, 6) is -2.86. The zero-order chi connectivity index (χ0) is 34.9. The van der Waals surface area contributed by atoms with Gasteiger partial charge in [-0.25, -0.2) is 8.78 Å². The van der Waals surface area contributed by atoms with Gasteiger partial charge in [0.05, 0.1) is 30.5 Å². The third-order valence-corrected chi connectivity index (χ3v) is 11.1. The number of hydrogen-bond acceptors (Lipinski definition) is 8. The zero-order valence-corrected chi connectivity index (χ0v) is 28.1. The van der Waals surface area contributed by atoms with Crippen LogP contribution in [0.3, 0.4) is 0 Å². The van der Waals surface area contributed by atoms with Crippen molar-refractivity contribution in [2.45, 2.75) is 80.8 Å². The highest BCUT2D eigenvalue weighted by Crippen LogP contribution is 2.40. The first kappa shape index (κ1) is 36.0. The van der Waals surface area contributed by atoms with Gasteiger partial charge >= 0.3 is 6.18 Å². The van der Waals surface area contributed by atoms with Crippen LogP contribution in [0.2, 0.25) is 0 Å². The van der Waals surface area contributed by atoms with Crippen molar-refractivity contribution in [2.24, 2.45) is 0 Å². The van der Waals surface area contributed by atoms with Crippen molar-refractivity contribution in [3.05, 3.63) is 35.0 Å². The van der Waals surface area contributed by atoms with E-state index in [0.717, 1.165) is 62.4 Å². The largest absolute Gasteiger partial charge is 0.417 e. The molecule has 1 aromatic heterocycles. The number of piperidine rings is 1. The van der Waals surface area contributed by atoms with Crippen LogP contribution in [-0.2, 0) is 35.3 Å². The van der Waals surface area contributed by atoms with E-state index in [-0.39, 0.29) is 55.2 Å². The number of fused-ring (bicyclic) bond motifs is 1. The fourth-order valence-electron chi connectivity index (χ4n) is 7.52. The molecule has 5 heterocycles. The van der Waals surface area contributed by atoms with E-state index in [2.05, 4.69) is 4.90 Å². The van der Waals surface area contributed by atoms with Gasteiger partial charge in [-0.05, 0) is 31.4 Å². The molecule has 10 nitrogen and oxygen atoms in total. The Balaban J connectivity index is 1.20. The predicted molar refractivity (Wildman–Crippen MR) is 172 cm³/mol. The van der Waals surface area contributed by atoms with Gasteiger partial charge in [0.2, 0.25) is 11.8 Å². The Morgan fingerprint density at radius 3 is 2.49 bits per heavy atom. The number of carbonyl (C=O) groups excluding carboxylic acids is 2. The number of carbonyl (C=O) groups is 2. The van der Waals surface area contributed by atoms with Crippen molar-refractivity contribution in [3.8, 4) is 11.3 Å². The van der Waals surface area contributed by atoms with Crippen LogP contribution in [0.15, 0.2) is 23.1 Å². The first-order valence-electron chi connectivity index (χ1n) is 16.9. The zero-order valence-electron chi connectivity index (χ0n) is 27.3. The molecule has 3 fully saturated rings. The minimum absolute atomic E-state index is 0.0441. The maximum absolute atomic E-state index is 14.1. The molecule has 6 rings (SSSR count). The lowest BCUT2D eigenvalue weighted by molar-refractivity contribution is -0.139. The molecule has 0 radical (unpaired) electrons. The molecular formula is C33H43F5N6O4S. The molecule has 1 atom stereocenters. The summed E-state index contributed by atoms with van der Waals surface area (Å²) in [6.45, 7) is 2.59. The van der Waals surface area contributed by atoms with Crippen molar-refractivity contribution in [3.63, 3.8) is 0 Å². The summed E-state index contributed by atoms with van der Waals surface area (Å²) in [7, 11) is 0. The van der Waals surface area contributed by atoms with Gasteiger partial charge in [-0.1, -0.05) is 6.07 Å². The quantitative estimate of drug-likeness (QED) is 0.270. The van der Waals surface area contributed by atoms with E-state index >= 15 is 0 Å². The minimum atomic E-state index is -4.63. The first-order chi connectivity index (χ1) is 23.3. The molecule has 1 unspecified atom stereocenters. The Bertz CT molecular complexity index is 1510. The Morgan fingerprint density at radius 1 is 1.06 bits per heavy atom. The van der Waals surface area contributed by atoms with E-state index in [9.17, 15) is 41.8 Å². The summed E-state index contributed by atoms with van der Waals surface area (Å²) in [6.07, 6.45) is -2.12. The Morgan fingerprint density at radius 2 is 1.84 bits per heavy atom. The van der Waals surface area contributed by atoms with E-state index in [1.807, 2.05) is 4.90 Å². The van der Waals surface area contributed by atoms with Crippen molar-refractivity contribution in [1.29, 1.82) is 0 Å². The van der Waals surface area contributed by atoms with Gasteiger partial charge in [-0.3, -0.25) is 19.2 Å². The van der Waals surface area contributed by atoms with Gasteiger partial charge in [0.15, 0.2) is 0 Å². The number of β-amino-alcohol motifs (C(OH)–C–C–N with tert-alkyl or cyclic N) is 1. The van der Waals surface area contributed by atoms with Gasteiger partial charge in [-0.15, -0.1) is 11.8 Å². The van der Waals surface area contributed by atoms with E-state index in [1.165, 1.54) is 17.0 Å². The summed E-state index contributed by atoms with van der Waals surface area (Å²) < 4.78 is 71.2. The standard InChI is InChI=1S/C33H43F5N6O4S/c34-32(35)8-13-41(21-32)14-15-49-28-16-22(3-4-26(28)33(36,37)38)31-25-19-42(30(48)20-45)12-7-27(25)44(39-31)18-24(46)17-40-10-5-23(6-11-40)43-9-1-2-29(43)47/h3-4,16,23-24,45-46H,1-2,5-15,17-21H2. The third kappa shape index (κ3) is 8.41. The van der Waals surface area contributed by atoms with Crippen LogP contribution in [0.4, 0.5) is 22.0 Å². The Kier molecular flexibility index (Phi) is 10.9. The number of thioether (sulfide) groups is 1. The lowest BCUT2D eigenvalue weighted by Crippen LogP contribution is -2.47. The van der Waals surface area contributed by atoms with Gasteiger partial charge in [0, 0.05) is 105 Å². The Labute approximate surface area is 286 Å². The SMILES string of the molecule is O=C(CO)N1CCc2c(c(-c3ccc(C(F)(F)F)c(SCCN4CCC(F)(F)C4)c3)nn2CC(O)CN2CCC(N3CCCC3=O)CC2)C1. The molecule has 0 spiro atoms. The molecule has 0 aliphatic carbocycles. The smallest absolute Gasteiger partial charge is 0.390 e. The minimum Gasteiger partial charge on any atom is -0.390 e. The molecular weight excluding hydrogens is 671 g/mol. The van der Waals surface area contributed by atoms with Crippen LogP contribution in [0, 0.1) is 0 Å². The van der Waals surface area contributed by atoms with Gasteiger partial charge in [-0.2, -0.15) is 18.3 Å². The number of rotatable bonds is 11. The van der Waals surface area contributed by atoms with Crippen LogP contribution in [0.25, 0.3) is 11.3 Å². The van der Waals surface area contributed by atoms with Gasteiger partial charge < -0.3 is 24.9 Å². The molecule has 3 saturated heterocycles. The molecule has 2 N–H and O–H groups in total. The number of hydrogen-bond donors (Lipinski definition) is 2. The monoisotopic (exact) mass is 714 g/mol. The van der Waals surface area contributed by atoms with E-state index < -0.39 is 42.8 Å². The van der Waals surface area contributed by atoms with E-state index in [4.69, 9.17) is 5.10 Å². The fourth-order valence-corrected chi connectivity index (χ4v) is 8.64. The highest BCUT2D eigenvalue weighted by atomic mass is 32.2. The van der Waals surface area contributed by atoms with Crippen molar-refractivity contribution < 1.29 is 41.8 Å². The number of nitrogens with zero attached hydrogens (tertiary/aromatic N) is 6. The number of alkyl halides is 5. The number of likely N-dealkylation sites (tertiary alicyclic amines) is 3. The molecule has 4 aliphatic heterocycles. The molecule has 2 amide bonds. The summed E-state index contributed by atoms with van der Waals surface area (Å²) in [5, 5.41) is 25.5. The van der Waals surface area contributed by atoms with Gasteiger partial charge in [0.25, 0.3) is 5.92 Å². The average molecular weight is 715 g/mol.